The summed E-state index contributed by atoms with van der Waals surface area (Å²) in [6, 6.07) is 0. The Morgan fingerprint density at radius 1 is 1.00 bits per heavy atom. The highest BCUT2D eigenvalue weighted by Crippen LogP contribution is 2.08. The Morgan fingerprint density at radius 3 is 2.10 bits per heavy atom. The van der Waals surface area contributed by atoms with Gasteiger partial charge in [0.25, 0.3) is 0 Å². The summed E-state index contributed by atoms with van der Waals surface area (Å²) in [6.07, 6.45) is 18.8. The molecule has 0 rings (SSSR count). The Labute approximate surface area is 125 Å². The molecule has 0 saturated carbocycles. The molecular weight excluding hydrogens is 248 g/mol. The first kappa shape index (κ1) is 21.2. The van der Waals surface area contributed by atoms with Crippen molar-refractivity contribution in [3.8, 4) is 12.8 Å². The molecular formula is C16H32N4. The monoisotopic (exact) mass is 280 g/mol. The van der Waals surface area contributed by atoms with Gasteiger partial charge in [-0.15, -0.1) is 12.8 Å². The highest BCUT2D eigenvalue weighted by molar-refractivity contribution is 5.02. The molecule has 4 nitrogen and oxygen atoms in total. The molecule has 4 N–H and O–H groups in total. The highest BCUT2D eigenvalue weighted by Gasteiger charge is 2.17. The molecule has 0 spiro atoms. The number of hydrogen-bond acceptors (Lipinski definition) is 4. The summed E-state index contributed by atoms with van der Waals surface area (Å²) < 4.78 is 0. The summed E-state index contributed by atoms with van der Waals surface area (Å²) >= 11 is 0. The van der Waals surface area contributed by atoms with Crippen molar-refractivity contribution in [2.45, 2.75) is 25.9 Å². The Kier molecular flexibility index (Phi) is 16.9. The number of likely N-dealkylation sites (N-methyl/N-ethyl adjacent to an activating group) is 1. The van der Waals surface area contributed by atoms with Crippen molar-refractivity contribution in [3.05, 3.63) is 24.3 Å². The smallest absolute Gasteiger partial charge is 0.0653 e. The summed E-state index contributed by atoms with van der Waals surface area (Å²) in [5.41, 5.74) is 11.2. The lowest BCUT2D eigenvalue weighted by Gasteiger charge is -2.34. The lowest BCUT2D eigenvalue weighted by Crippen LogP contribution is -2.46. The Balaban J connectivity index is 0. The summed E-state index contributed by atoms with van der Waals surface area (Å²) in [5, 5.41) is 0. The van der Waals surface area contributed by atoms with E-state index in [4.69, 9.17) is 11.5 Å². The molecule has 0 radical (unpaired) electrons. The average Bonchev–Trinajstić information content (AvgIpc) is 2.47. The van der Waals surface area contributed by atoms with Crippen LogP contribution >= 0.6 is 0 Å². The topological polar surface area (TPSA) is 58.5 Å². The molecule has 0 aliphatic heterocycles. The van der Waals surface area contributed by atoms with E-state index in [2.05, 4.69) is 55.0 Å². The molecule has 0 fully saturated rings. The van der Waals surface area contributed by atoms with Crippen molar-refractivity contribution in [2.24, 2.45) is 11.5 Å². The molecule has 116 valence electrons. The van der Waals surface area contributed by atoms with E-state index < -0.39 is 0 Å². The molecule has 1 unspecified atom stereocenters. The molecule has 0 heterocycles. The quantitative estimate of drug-likeness (QED) is 0.359. The molecule has 0 aromatic carbocycles. The number of nitrogens with two attached hydrogens (primary N) is 2. The number of rotatable bonds is 10. The average molecular weight is 280 g/mol. The van der Waals surface area contributed by atoms with E-state index >= 15 is 0 Å². The van der Waals surface area contributed by atoms with Gasteiger partial charge in [0.2, 0.25) is 0 Å². The largest absolute Gasteiger partial charge is 0.330 e. The number of hydrogen-bond donors (Lipinski definition) is 2. The first-order valence-corrected chi connectivity index (χ1v) is 7.09. The first-order chi connectivity index (χ1) is 9.67. The van der Waals surface area contributed by atoms with Crippen LogP contribution in [0.1, 0.15) is 19.8 Å². The van der Waals surface area contributed by atoms with Crippen LogP contribution in [-0.4, -0.2) is 56.2 Å². The van der Waals surface area contributed by atoms with Gasteiger partial charge < -0.3 is 11.5 Å². The maximum absolute atomic E-state index is 5.63. The molecule has 0 saturated heterocycles. The minimum absolute atomic E-state index is 0.390. The lowest BCUT2D eigenvalue weighted by atomic mass is 10.2. The molecule has 0 aromatic heterocycles. The molecule has 0 bridgehead atoms. The third-order valence-corrected chi connectivity index (χ3v) is 3.00. The van der Waals surface area contributed by atoms with Gasteiger partial charge >= 0.3 is 0 Å². The third kappa shape index (κ3) is 10.8. The van der Waals surface area contributed by atoms with Gasteiger partial charge in [-0.05, 0) is 40.4 Å². The SMILES string of the molecule is C#C.C/C=C\C=C/CC(N(C)CCN)N(C)CCCN. The first-order valence-electron chi connectivity index (χ1n) is 7.09. The van der Waals surface area contributed by atoms with Crippen LogP contribution in [0.3, 0.4) is 0 Å². The second-order valence-corrected chi connectivity index (χ2v) is 4.56. The van der Waals surface area contributed by atoms with Crippen LogP contribution in [0.25, 0.3) is 0 Å². The number of terminal acetylenes is 1. The van der Waals surface area contributed by atoms with Crippen LogP contribution in [0.4, 0.5) is 0 Å². The zero-order chi connectivity index (χ0) is 15.8. The molecule has 0 amide bonds. The fourth-order valence-corrected chi connectivity index (χ4v) is 1.93. The van der Waals surface area contributed by atoms with Crippen molar-refractivity contribution in [2.75, 3.05) is 40.3 Å². The van der Waals surface area contributed by atoms with E-state index in [1.54, 1.807) is 0 Å². The van der Waals surface area contributed by atoms with Crippen molar-refractivity contribution in [1.29, 1.82) is 0 Å². The molecule has 1 atom stereocenters. The van der Waals surface area contributed by atoms with Crippen molar-refractivity contribution in [3.63, 3.8) is 0 Å². The van der Waals surface area contributed by atoms with Crippen LogP contribution in [0, 0.1) is 12.8 Å². The van der Waals surface area contributed by atoms with E-state index in [0.29, 0.717) is 12.7 Å². The molecule has 0 aromatic rings. The zero-order valence-electron chi connectivity index (χ0n) is 13.3. The van der Waals surface area contributed by atoms with Gasteiger partial charge in [-0.2, -0.15) is 0 Å². The van der Waals surface area contributed by atoms with Crippen molar-refractivity contribution >= 4 is 0 Å². The predicted molar refractivity (Wildman–Crippen MR) is 90.2 cm³/mol. The highest BCUT2D eigenvalue weighted by atomic mass is 15.3. The van der Waals surface area contributed by atoms with E-state index in [1.165, 1.54) is 0 Å². The van der Waals surface area contributed by atoms with E-state index in [0.717, 1.165) is 32.5 Å². The fraction of sp³-hybridized carbons (Fsp3) is 0.625. The molecule has 20 heavy (non-hydrogen) atoms. The second kappa shape index (κ2) is 15.9. The van der Waals surface area contributed by atoms with Crippen LogP contribution in [0.2, 0.25) is 0 Å². The third-order valence-electron chi connectivity index (χ3n) is 3.00. The predicted octanol–water partition coefficient (Wildman–Crippen LogP) is 1.26. The summed E-state index contributed by atoms with van der Waals surface area (Å²) in [6.45, 7) is 5.39. The normalized spacial score (nSPS) is 13.1. The number of nitrogens with zero attached hydrogens (tertiary/aromatic N) is 2. The van der Waals surface area contributed by atoms with Gasteiger partial charge in [-0.3, -0.25) is 9.80 Å². The van der Waals surface area contributed by atoms with Gasteiger partial charge in [0.05, 0.1) is 6.17 Å². The lowest BCUT2D eigenvalue weighted by molar-refractivity contribution is 0.0868. The van der Waals surface area contributed by atoms with Crippen LogP contribution in [0.15, 0.2) is 24.3 Å². The summed E-state index contributed by atoms with van der Waals surface area (Å²) in [5.74, 6) is 0. The van der Waals surface area contributed by atoms with Gasteiger partial charge in [-0.25, -0.2) is 0 Å². The molecule has 0 aliphatic carbocycles. The minimum Gasteiger partial charge on any atom is -0.330 e. The Hall–Kier alpha value is -1.12. The maximum atomic E-state index is 5.63. The summed E-state index contributed by atoms with van der Waals surface area (Å²) in [7, 11) is 4.27. The second-order valence-electron chi connectivity index (χ2n) is 4.56. The number of allylic oxidation sites excluding steroid dienone is 3. The summed E-state index contributed by atoms with van der Waals surface area (Å²) in [4.78, 5) is 4.65. The maximum Gasteiger partial charge on any atom is 0.0653 e. The molecule has 4 heteroatoms. The van der Waals surface area contributed by atoms with E-state index in [9.17, 15) is 0 Å². The standard InChI is InChI=1S/C14H30N4.C2H2/c1-4-5-6-7-9-14(18(3)13-11-16)17(2)12-8-10-15;1-2/h4-7,14H,8-13,15-16H2,1-3H3;1-2H/b5-4-,7-6-;. The Morgan fingerprint density at radius 2 is 1.60 bits per heavy atom. The Bertz CT molecular complexity index is 271. The van der Waals surface area contributed by atoms with Crippen LogP contribution < -0.4 is 11.5 Å². The minimum atomic E-state index is 0.390. The van der Waals surface area contributed by atoms with Gasteiger partial charge in [0.15, 0.2) is 0 Å². The van der Waals surface area contributed by atoms with E-state index in [1.807, 2.05) is 13.0 Å². The fourth-order valence-electron chi connectivity index (χ4n) is 1.93. The van der Waals surface area contributed by atoms with Gasteiger partial charge in [0, 0.05) is 19.6 Å². The van der Waals surface area contributed by atoms with Crippen LogP contribution in [0.5, 0.6) is 0 Å². The van der Waals surface area contributed by atoms with Gasteiger partial charge in [0.1, 0.15) is 0 Å². The van der Waals surface area contributed by atoms with Crippen molar-refractivity contribution in [1.82, 2.24) is 9.80 Å². The van der Waals surface area contributed by atoms with E-state index in [-0.39, 0.29) is 0 Å². The zero-order valence-corrected chi connectivity index (χ0v) is 13.3. The van der Waals surface area contributed by atoms with Gasteiger partial charge in [-0.1, -0.05) is 24.3 Å². The molecule has 0 aliphatic rings. The van der Waals surface area contributed by atoms with Crippen molar-refractivity contribution < 1.29 is 0 Å². The van der Waals surface area contributed by atoms with Crippen LogP contribution in [-0.2, 0) is 0 Å².